The van der Waals surface area contributed by atoms with Crippen LogP contribution in [0, 0.1) is 11.8 Å². The second-order valence-electron chi connectivity index (χ2n) is 3.34. The fourth-order valence-electron chi connectivity index (χ4n) is 1.49. The summed E-state index contributed by atoms with van der Waals surface area (Å²) in [6.07, 6.45) is 9.22. The van der Waals surface area contributed by atoms with Gasteiger partial charge in [-0.05, 0) is 18.3 Å². The van der Waals surface area contributed by atoms with Gasteiger partial charge in [-0.3, -0.25) is 4.79 Å². The molecule has 66 valence electrons. The molecule has 0 aromatic carbocycles. The number of rotatable bonds is 2. The standard InChI is InChI=1S/C10H14O2/c1-8-4-2-3-5-9(6-8)7-10(11)12/h2-5,8-9H,6-7H2,1H3,(H,11,12). The molecule has 12 heavy (non-hydrogen) atoms. The Balaban J connectivity index is 2.50. The first kappa shape index (κ1) is 9.04. The van der Waals surface area contributed by atoms with Crippen molar-refractivity contribution < 1.29 is 9.90 Å². The summed E-state index contributed by atoms with van der Waals surface area (Å²) in [5.74, 6) is -0.0180. The first-order chi connectivity index (χ1) is 5.68. The van der Waals surface area contributed by atoms with Gasteiger partial charge in [0.15, 0.2) is 0 Å². The fraction of sp³-hybridized carbons (Fsp3) is 0.500. The van der Waals surface area contributed by atoms with Gasteiger partial charge in [0.1, 0.15) is 0 Å². The van der Waals surface area contributed by atoms with Crippen LogP contribution in [0.15, 0.2) is 24.3 Å². The van der Waals surface area contributed by atoms with Gasteiger partial charge in [0.25, 0.3) is 0 Å². The molecule has 0 amide bonds. The van der Waals surface area contributed by atoms with Gasteiger partial charge >= 0.3 is 5.97 Å². The van der Waals surface area contributed by atoms with Crippen LogP contribution in [0.4, 0.5) is 0 Å². The number of hydrogen-bond acceptors (Lipinski definition) is 1. The Hall–Kier alpha value is -1.05. The molecule has 0 aromatic rings. The normalized spacial score (nSPS) is 28.4. The van der Waals surface area contributed by atoms with E-state index in [1.165, 1.54) is 0 Å². The molecular weight excluding hydrogens is 152 g/mol. The van der Waals surface area contributed by atoms with Crippen LogP contribution in [0.3, 0.4) is 0 Å². The van der Waals surface area contributed by atoms with Crippen LogP contribution in [0.2, 0.25) is 0 Å². The van der Waals surface area contributed by atoms with Crippen molar-refractivity contribution in [2.45, 2.75) is 19.8 Å². The molecule has 0 heterocycles. The van der Waals surface area contributed by atoms with E-state index in [1.54, 1.807) is 0 Å². The van der Waals surface area contributed by atoms with E-state index in [2.05, 4.69) is 13.0 Å². The third kappa shape index (κ3) is 2.91. The van der Waals surface area contributed by atoms with Gasteiger partial charge in [-0.1, -0.05) is 31.2 Å². The molecule has 2 atom stereocenters. The summed E-state index contributed by atoms with van der Waals surface area (Å²) in [7, 11) is 0. The fourth-order valence-corrected chi connectivity index (χ4v) is 1.49. The number of aliphatic carboxylic acids is 1. The zero-order chi connectivity index (χ0) is 8.97. The van der Waals surface area contributed by atoms with Crippen molar-refractivity contribution in [2.75, 3.05) is 0 Å². The van der Waals surface area contributed by atoms with Crippen LogP contribution in [-0.2, 0) is 4.79 Å². The van der Waals surface area contributed by atoms with Gasteiger partial charge in [0.05, 0.1) is 6.42 Å². The topological polar surface area (TPSA) is 37.3 Å². The lowest BCUT2D eigenvalue weighted by atomic mass is 9.94. The summed E-state index contributed by atoms with van der Waals surface area (Å²) in [6.45, 7) is 2.11. The number of carbonyl (C=O) groups is 1. The number of carboxylic acids is 1. The zero-order valence-corrected chi connectivity index (χ0v) is 7.23. The molecule has 0 fully saturated rings. The molecule has 1 N–H and O–H groups in total. The van der Waals surface area contributed by atoms with Crippen LogP contribution in [0.5, 0.6) is 0 Å². The Morgan fingerprint density at radius 3 is 2.83 bits per heavy atom. The highest BCUT2D eigenvalue weighted by molar-refractivity contribution is 5.67. The highest BCUT2D eigenvalue weighted by atomic mass is 16.4. The molecule has 0 saturated heterocycles. The Morgan fingerprint density at radius 1 is 1.50 bits per heavy atom. The quantitative estimate of drug-likeness (QED) is 0.683. The maximum absolute atomic E-state index is 10.4. The molecule has 1 aliphatic rings. The van der Waals surface area contributed by atoms with Crippen LogP contribution >= 0.6 is 0 Å². The summed E-state index contributed by atoms with van der Waals surface area (Å²) in [5.41, 5.74) is 0. The van der Waals surface area contributed by atoms with Gasteiger partial charge in [0.2, 0.25) is 0 Å². The molecule has 0 aliphatic heterocycles. The summed E-state index contributed by atoms with van der Waals surface area (Å²) < 4.78 is 0. The second-order valence-corrected chi connectivity index (χ2v) is 3.34. The third-order valence-electron chi connectivity index (χ3n) is 2.05. The number of allylic oxidation sites excluding steroid dienone is 4. The van der Waals surface area contributed by atoms with Crippen molar-refractivity contribution >= 4 is 5.97 Å². The summed E-state index contributed by atoms with van der Waals surface area (Å²) >= 11 is 0. The number of hydrogen-bond donors (Lipinski definition) is 1. The largest absolute Gasteiger partial charge is 0.481 e. The highest BCUT2D eigenvalue weighted by Gasteiger charge is 2.13. The Kier molecular flexibility index (Phi) is 3.09. The van der Waals surface area contributed by atoms with E-state index in [0.29, 0.717) is 5.92 Å². The Morgan fingerprint density at radius 2 is 2.17 bits per heavy atom. The molecule has 2 nitrogen and oxygen atoms in total. The van der Waals surface area contributed by atoms with Crippen molar-refractivity contribution in [3.8, 4) is 0 Å². The molecule has 1 rings (SSSR count). The van der Waals surface area contributed by atoms with E-state index < -0.39 is 5.97 Å². The van der Waals surface area contributed by atoms with Gasteiger partial charge < -0.3 is 5.11 Å². The van der Waals surface area contributed by atoms with Crippen molar-refractivity contribution in [1.82, 2.24) is 0 Å². The first-order valence-corrected chi connectivity index (χ1v) is 4.25. The van der Waals surface area contributed by atoms with Crippen molar-refractivity contribution in [3.05, 3.63) is 24.3 Å². The maximum Gasteiger partial charge on any atom is 0.303 e. The molecule has 0 saturated carbocycles. The Bertz CT molecular complexity index is 216. The van der Waals surface area contributed by atoms with Crippen LogP contribution in [0.1, 0.15) is 19.8 Å². The monoisotopic (exact) mass is 166 g/mol. The number of carboxylic acid groups (broad SMARTS) is 1. The molecule has 2 heteroatoms. The summed E-state index contributed by atoms with van der Waals surface area (Å²) in [6, 6.07) is 0. The average Bonchev–Trinajstić information content (AvgIpc) is 2.12. The molecule has 0 aromatic heterocycles. The van der Waals surface area contributed by atoms with E-state index in [-0.39, 0.29) is 12.3 Å². The van der Waals surface area contributed by atoms with Crippen LogP contribution in [0.25, 0.3) is 0 Å². The van der Waals surface area contributed by atoms with Crippen molar-refractivity contribution in [2.24, 2.45) is 11.8 Å². The lowest BCUT2D eigenvalue weighted by molar-refractivity contribution is -0.137. The first-order valence-electron chi connectivity index (χ1n) is 4.25. The third-order valence-corrected chi connectivity index (χ3v) is 2.05. The van der Waals surface area contributed by atoms with E-state index >= 15 is 0 Å². The lowest BCUT2D eigenvalue weighted by Crippen LogP contribution is -2.07. The maximum atomic E-state index is 10.4. The summed E-state index contributed by atoms with van der Waals surface area (Å²) in [5, 5.41) is 8.59. The van der Waals surface area contributed by atoms with Crippen LogP contribution < -0.4 is 0 Å². The minimum Gasteiger partial charge on any atom is -0.481 e. The van der Waals surface area contributed by atoms with Gasteiger partial charge in [-0.2, -0.15) is 0 Å². The predicted octanol–water partition coefficient (Wildman–Crippen LogP) is 2.23. The molecule has 0 bridgehead atoms. The molecule has 1 aliphatic carbocycles. The van der Waals surface area contributed by atoms with Crippen molar-refractivity contribution in [3.63, 3.8) is 0 Å². The van der Waals surface area contributed by atoms with Crippen molar-refractivity contribution in [1.29, 1.82) is 0 Å². The summed E-state index contributed by atoms with van der Waals surface area (Å²) in [4.78, 5) is 10.4. The van der Waals surface area contributed by atoms with E-state index in [4.69, 9.17) is 5.11 Å². The van der Waals surface area contributed by atoms with Gasteiger partial charge in [0, 0.05) is 0 Å². The molecule has 0 spiro atoms. The lowest BCUT2D eigenvalue weighted by Gasteiger charge is -2.11. The minimum absolute atomic E-state index is 0.201. The van der Waals surface area contributed by atoms with E-state index in [0.717, 1.165) is 6.42 Å². The minimum atomic E-state index is -0.709. The predicted molar refractivity (Wildman–Crippen MR) is 47.8 cm³/mol. The smallest absolute Gasteiger partial charge is 0.303 e. The highest BCUT2D eigenvalue weighted by Crippen LogP contribution is 2.20. The SMILES string of the molecule is CC1C=CC=CC(CC(=O)O)C1. The Labute approximate surface area is 72.6 Å². The molecular formula is C10H14O2. The second kappa shape index (κ2) is 4.10. The van der Waals surface area contributed by atoms with E-state index in [1.807, 2.05) is 18.2 Å². The molecule has 2 unspecified atom stereocenters. The van der Waals surface area contributed by atoms with E-state index in [9.17, 15) is 4.79 Å². The zero-order valence-electron chi connectivity index (χ0n) is 7.23. The van der Waals surface area contributed by atoms with Crippen LogP contribution in [-0.4, -0.2) is 11.1 Å². The average molecular weight is 166 g/mol. The molecule has 0 radical (unpaired) electrons. The van der Waals surface area contributed by atoms with Gasteiger partial charge in [-0.25, -0.2) is 0 Å². The van der Waals surface area contributed by atoms with Gasteiger partial charge in [-0.15, -0.1) is 0 Å².